The maximum Gasteiger partial charge on any atom is 0.221 e. The van der Waals surface area contributed by atoms with E-state index in [1.165, 1.54) is 0 Å². The van der Waals surface area contributed by atoms with E-state index in [-0.39, 0.29) is 5.91 Å². The van der Waals surface area contributed by atoms with E-state index in [1.807, 2.05) is 12.3 Å². The first-order valence-electron chi connectivity index (χ1n) is 8.25. The normalized spacial score (nSPS) is 25.9. The van der Waals surface area contributed by atoms with Crippen LogP contribution in [-0.4, -0.2) is 32.9 Å². The summed E-state index contributed by atoms with van der Waals surface area (Å²) in [6.07, 6.45) is 7.54. The molecular weight excluding hydrogens is 278 g/mol. The van der Waals surface area contributed by atoms with Crippen molar-refractivity contribution in [2.45, 2.75) is 65.0 Å². The SMILES string of the molecule is CC(C)(C)C1CCC(O)(CNC(=O)CCn2cccn2)CC1. The third-order valence-corrected chi connectivity index (χ3v) is 4.88. The number of aliphatic hydroxyl groups is 1. The summed E-state index contributed by atoms with van der Waals surface area (Å²) in [5.74, 6) is 0.630. The molecule has 0 radical (unpaired) electrons. The molecule has 1 fully saturated rings. The third-order valence-electron chi connectivity index (χ3n) is 4.88. The smallest absolute Gasteiger partial charge is 0.221 e. The van der Waals surface area contributed by atoms with Crippen molar-refractivity contribution in [2.75, 3.05) is 6.54 Å². The van der Waals surface area contributed by atoms with Gasteiger partial charge in [-0.25, -0.2) is 0 Å². The van der Waals surface area contributed by atoms with Gasteiger partial charge >= 0.3 is 0 Å². The highest BCUT2D eigenvalue weighted by Gasteiger charge is 2.37. The Bertz CT molecular complexity index is 469. The van der Waals surface area contributed by atoms with Gasteiger partial charge in [0.1, 0.15) is 0 Å². The standard InChI is InChI=1S/C17H29N3O2/c1-16(2,3)14-5-8-17(22,9-6-14)13-18-15(21)7-12-20-11-4-10-19-20/h4,10-11,14,22H,5-9,12-13H2,1-3H3,(H,18,21). The molecule has 0 saturated heterocycles. The van der Waals surface area contributed by atoms with E-state index in [1.54, 1.807) is 10.9 Å². The zero-order valence-corrected chi connectivity index (χ0v) is 14.0. The van der Waals surface area contributed by atoms with Crippen LogP contribution in [0.3, 0.4) is 0 Å². The molecule has 0 atom stereocenters. The van der Waals surface area contributed by atoms with Crippen molar-refractivity contribution in [3.05, 3.63) is 18.5 Å². The Morgan fingerprint density at radius 2 is 2.09 bits per heavy atom. The van der Waals surface area contributed by atoms with Crippen LogP contribution in [0, 0.1) is 11.3 Å². The monoisotopic (exact) mass is 307 g/mol. The third kappa shape index (κ3) is 4.83. The van der Waals surface area contributed by atoms with Crippen LogP contribution in [0.25, 0.3) is 0 Å². The minimum atomic E-state index is -0.733. The molecule has 0 aliphatic heterocycles. The van der Waals surface area contributed by atoms with Gasteiger partial charge in [-0.15, -0.1) is 0 Å². The Balaban J connectivity index is 1.71. The summed E-state index contributed by atoms with van der Waals surface area (Å²) in [6, 6.07) is 1.84. The van der Waals surface area contributed by atoms with E-state index in [4.69, 9.17) is 0 Å². The molecule has 0 bridgehead atoms. The van der Waals surface area contributed by atoms with Gasteiger partial charge < -0.3 is 10.4 Å². The summed E-state index contributed by atoms with van der Waals surface area (Å²) in [7, 11) is 0. The fourth-order valence-corrected chi connectivity index (χ4v) is 3.20. The molecule has 1 aliphatic carbocycles. The highest BCUT2D eigenvalue weighted by molar-refractivity contribution is 5.75. The minimum absolute atomic E-state index is 0.0260. The lowest BCUT2D eigenvalue weighted by Gasteiger charge is -2.41. The second-order valence-corrected chi connectivity index (χ2v) is 7.66. The van der Waals surface area contributed by atoms with Gasteiger partial charge in [0.2, 0.25) is 5.91 Å². The van der Waals surface area contributed by atoms with Gasteiger partial charge in [0, 0.05) is 31.9 Å². The number of carbonyl (C=O) groups excluding carboxylic acids is 1. The summed E-state index contributed by atoms with van der Waals surface area (Å²) in [5.41, 5.74) is -0.433. The fraction of sp³-hybridized carbons (Fsp3) is 0.765. The molecule has 1 aliphatic rings. The Morgan fingerprint density at radius 1 is 1.41 bits per heavy atom. The summed E-state index contributed by atoms with van der Waals surface area (Å²) >= 11 is 0. The molecule has 2 rings (SSSR count). The van der Waals surface area contributed by atoms with Gasteiger partial charge in [-0.2, -0.15) is 5.10 Å². The Labute approximate surface area is 133 Å². The molecule has 2 N–H and O–H groups in total. The van der Waals surface area contributed by atoms with Crippen molar-refractivity contribution in [2.24, 2.45) is 11.3 Å². The molecule has 1 saturated carbocycles. The van der Waals surface area contributed by atoms with Crippen molar-refractivity contribution in [1.82, 2.24) is 15.1 Å². The molecule has 0 aromatic carbocycles. The van der Waals surface area contributed by atoms with E-state index in [2.05, 4.69) is 31.2 Å². The largest absolute Gasteiger partial charge is 0.388 e. The second kappa shape index (κ2) is 6.82. The van der Waals surface area contributed by atoms with Crippen LogP contribution in [0.1, 0.15) is 52.9 Å². The lowest BCUT2D eigenvalue weighted by molar-refractivity contribution is -0.123. The number of hydrogen-bond acceptors (Lipinski definition) is 3. The number of amides is 1. The summed E-state index contributed by atoms with van der Waals surface area (Å²) in [4.78, 5) is 11.9. The molecular formula is C17H29N3O2. The molecule has 1 aromatic rings. The first kappa shape index (κ1) is 17.0. The van der Waals surface area contributed by atoms with Gasteiger partial charge in [-0.05, 0) is 43.1 Å². The number of carbonyl (C=O) groups is 1. The predicted molar refractivity (Wildman–Crippen MR) is 86.2 cm³/mol. The van der Waals surface area contributed by atoms with Gasteiger partial charge in [0.05, 0.1) is 5.60 Å². The van der Waals surface area contributed by atoms with E-state index >= 15 is 0 Å². The van der Waals surface area contributed by atoms with Crippen LogP contribution in [0.5, 0.6) is 0 Å². The molecule has 1 aromatic heterocycles. The lowest BCUT2D eigenvalue weighted by Crippen LogP contribution is -2.46. The van der Waals surface area contributed by atoms with E-state index in [0.29, 0.717) is 30.8 Å². The maximum atomic E-state index is 11.9. The molecule has 0 spiro atoms. The Morgan fingerprint density at radius 3 is 2.64 bits per heavy atom. The van der Waals surface area contributed by atoms with Crippen molar-refractivity contribution < 1.29 is 9.90 Å². The maximum absolute atomic E-state index is 11.9. The number of aryl methyl sites for hydroxylation is 1. The van der Waals surface area contributed by atoms with Crippen LogP contribution in [0.2, 0.25) is 0 Å². The summed E-state index contributed by atoms with van der Waals surface area (Å²) in [6.45, 7) is 7.72. The molecule has 0 unspecified atom stereocenters. The summed E-state index contributed by atoms with van der Waals surface area (Å²) in [5, 5.41) is 17.6. The zero-order chi connectivity index (χ0) is 16.2. The quantitative estimate of drug-likeness (QED) is 0.877. The van der Waals surface area contributed by atoms with Gasteiger partial charge in [0.15, 0.2) is 0 Å². The fourth-order valence-electron chi connectivity index (χ4n) is 3.20. The van der Waals surface area contributed by atoms with Crippen molar-refractivity contribution >= 4 is 5.91 Å². The van der Waals surface area contributed by atoms with Crippen LogP contribution in [0.4, 0.5) is 0 Å². The average Bonchev–Trinajstić information content (AvgIpc) is 2.96. The molecule has 124 valence electrons. The number of hydrogen-bond donors (Lipinski definition) is 2. The molecule has 22 heavy (non-hydrogen) atoms. The Hall–Kier alpha value is -1.36. The zero-order valence-electron chi connectivity index (χ0n) is 14.0. The van der Waals surface area contributed by atoms with Crippen molar-refractivity contribution in [3.8, 4) is 0 Å². The predicted octanol–water partition coefficient (Wildman–Crippen LogP) is 2.36. The molecule has 1 heterocycles. The van der Waals surface area contributed by atoms with E-state index < -0.39 is 5.60 Å². The molecule has 5 heteroatoms. The van der Waals surface area contributed by atoms with Crippen molar-refractivity contribution in [1.29, 1.82) is 0 Å². The van der Waals surface area contributed by atoms with Crippen molar-refractivity contribution in [3.63, 3.8) is 0 Å². The van der Waals surface area contributed by atoms with E-state index in [9.17, 15) is 9.90 Å². The number of nitrogens with zero attached hydrogens (tertiary/aromatic N) is 2. The van der Waals surface area contributed by atoms with Gasteiger partial charge in [-0.1, -0.05) is 20.8 Å². The summed E-state index contributed by atoms with van der Waals surface area (Å²) < 4.78 is 1.74. The van der Waals surface area contributed by atoms with Crippen LogP contribution >= 0.6 is 0 Å². The molecule has 1 amide bonds. The first-order valence-corrected chi connectivity index (χ1v) is 8.25. The van der Waals surface area contributed by atoms with Gasteiger partial charge in [-0.3, -0.25) is 9.48 Å². The van der Waals surface area contributed by atoms with Crippen LogP contribution in [0.15, 0.2) is 18.5 Å². The number of aromatic nitrogens is 2. The highest BCUT2D eigenvalue weighted by Crippen LogP contribution is 2.41. The van der Waals surface area contributed by atoms with Gasteiger partial charge in [0.25, 0.3) is 0 Å². The highest BCUT2D eigenvalue weighted by atomic mass is 16.3. The van der Waals surface area contributed by atoms with Crippen LogP contribution in [-0.2, 0) is 11.3 Å². The number of nitrogens with one attached hydrogen (secondary N) is 1. The lowest BCUT2D eigenvalue weighted by atomic mass is 9.68. The average molecular weight is 307 g/mol. The molecule has 5 nitrogen and oxygen atoms in total. The minimum Gasteiger partial charge on any atom is -0.388 e. The first-order chi connectivity index (χ1) is 10.3. The number of rotatable bonds is 5. The topological polar surface area (TPSA) is 67.2 Å². The second-order valence-electron chi connectivity index (χ2n) is 7.66. The van der Waals surface area contributed by atoms with E-state index in [0.717, 1.165) is 25.7 Å². The Kier molecular flexibility index (Phi) is 5.27. The van der Waals surface area contributed by atoms with Crippen LogP contribution < -0.4 is 5.32 Å².